The molecule has 1 saturated heterocycles. The predicted molar refractivity (Wildman–Crippen MR) is 435 cm³/mol. The van der Waals surface area contributed by atoms with Crippen molar-refractivity contribution in [3.63, 3.8) is 0 Å². The van der Waals surface area contributed by atoms with Crippen molar-refractivity contribution < 1.29 is 67.6 Å². The average Bonchev–Trinajstić information content (AvgIpc) is 1.37. The number of aromatic amines is 1. The van der Waals surface area contributed by atoms with Gasteiger partial charge in [-0.2, -0.15) is 0 Å². The number of carbonyl (C=O) groups excluding carboxylic acids is 10. The number of rotatable bonds is 26. The first-order chi connectivity index (χ1) is 53.0. The van der Waals surface area contributed by atoms with Crippen molar-refractivity contribution in [2.45, 2.75) is 170 Å². The maximum Gasteiger partial charge on any atom is 0.408 e. The smallest absolute Gasteiger partial charge is 0.408 e. The first kappa shape index (κ1) is 85.1. The molecular formula is C82H99N11O14S4. The second-order valence-electron chi connectivity index (χ2n) is 29.1. The summed E-state index contributed by atoms with van der Waals surface area (Å²) in [7, 11) is 1.90. The Balaban J connectivity index is 1.07. The number of unbranched alkanes of at least 4 members (excludes halogenated alkanes) is 1. The summed E-state index contributed by atoms with van der Waals surface area (Å²) in [6.45, 7) is 12.8. The lowest BCUT2D eigenvalue weighted by atomic mass is 9.84. The Morgan fingerprint density at radius 2 is 1.08 bits per heavy atom. The zero-order valence-corrected chi connectivity index (χ0v) is 66.6. The van der Waals surface area contributed by atoms with Gasteiger partial charge in [-0.05, 0) is 131 Å². The molecule has 0 radical (unpaired) electrons. The molecule has 0 unspecified atom stereocenters. The van der Waals surface area contributed by atoms with E-state index in [1.165, 1.54) is 25.2 Å². The van der Waals surface area contributed by atoms with Crippen LogP contribution in [-0.4, -0.2) is 177 Å². The predicted octanol–water partition coefficient (Wildman–Crippen LogP) is 8.39. The number of benzene rings is 6. The quantitative estimate of drug-likeness (QED) is 0.0137. The van der Waals surface area contributed by atoms with Crippen molar-refractivity contribution in [1.82, 2.24) is 58.2 Å². The van der Waals surface area contributed by atoms with Crippen molar-refractivity contribution in [2.75, 3.05) is 30.3 Å². The monoisotopic (exact) mass is 1590 g/mol. The number of alkyl carbamates (subject to hydrolysis) is 2. The molecule has 1 aliphatic rings. The van der Waals surface area contributed by atoms with Gasteiger partial charge in [-0.3, -0.25) is 38.4 Å². The summed E-state index contributed by atoms with van der Waals surface area (Å²) >= 11 is 2.98. The van der Waals surface area contributed by atoms with Gasteiger partial charge in [-0.15, -0.1) is 23.1 Å². The number of nitrogens with one attached hydrogen (secondary N) is 11. The Morgan fingerprint density at radius 3 is 1.68 bits per heavy atom. The molecule has 0 bridgehead atoms. The van der Waals surface area contributed by atoms with Crippen molar-refractivity contribution >= 4 is 125 Å². The third-order valence-electron chi connectivity index (χ3n) is 18.1. The van der Waals surface area contributed by atoms with Gasteiger partial charge in [-0.1, -0.05) is 179 Å². The van der Waals surface area contributed by atoms with Crippen LogP contribution in [0, 0.1) is 0 Å². The van der Waals surface area contributed by atoms with Crippen LogP contribution in [0.1, 0.15) is 108 Å². The molecule has 3 heterocycles. The van der Waals surface area contributed by atoms with Gasteiger partial charge in [0.15, 0.2) is 0 Å². The third kappa shape index (κ3) is 24.8. The Hall–Kier alpha value is -9.91. The summed E-state index contributed by atoms with van der Waals surface area (Å²) in [5.41, 5.74) is 3.74. The number of thioether (sulfide) groups is 1. The molecule has 10 amide bonds. The van der Waals surface area contributed by atoms with Crippen LogP contribution in [0.2, 0.25) is 0 Å². The minimum Gasteiger partial charge on any atom is -0.444 e. The maximum atomic E-state index is 15.6. The Labute approximate surface area is 662 Å². The summed E-state index contributed by atoms with van der Waals surface area (Å²) < 4.78 is 11.1. The number of fused-ring (bicyclic) bond motifs is 2. The van der Waals surface area contributed by atoms with E-state index in [1.807, 2.05) is 139 Å². The van der Waals surface area contributed by atoms with Crippen molar-refractivity contribution in [3.8, 4) is 0 Å². The molecule has 0 saturated carbocycles. The second kappa shape index (κ2) is 40.3. The molecule has 2 aromatic heterocycles. The number of aliphatic hydroxyl groups excluding tert-OH is 2. The molecule has 8 aromatic rings. The minimum atomic E-state index is -1.84. The van der Waals surface area contributed by atoms with E-state index in [1.54, 1.807) is 95.9 Å². The van der Waals surface area contributed by atoms with Crippen LogP contribution in [0.5, 0.6) is 0 Å². The fraction of sp³-hybridized carbons (Fsp3) is 0.390. The number of hydrogen-bond donors (Lipinski definition) is 13. The summed E-state index contributed by atoms with van der Waals surface area (Å²) in [6.07, 6.45) is -3.29. The molecular weight excluding hydrogens is 1490 g/mol. The Bertz CT molecular complexity index is 4370. The highest BCUT2D eigenvalue weighted by Gasteiger charge is 2.40. The highest BCUT2D eigenvalue weighted by atomic mass is 33.1. The van der Waals surface area contributed by atoms with Crippen LogP contribution in [0.4, 0.5) is 9.59 Å². The van der Waals surface area contributed by atoms with Crippen LogP contribution in [-0.2, 0) is 71.8 Å². The van der Waals surface area contributed by atoms with Gasteiger partial charge in [0.2, 0.25) is 47.3 Å². The number of carbonyl (C=O) groups is 10. The maximum absolute atomic E-state index is 15.6. The molecule has 1 aliphatic heterocycles. The normalized spacial score (nSPS) is 19.1. The van der Waals surface area contributed by atoms with E-state index in [2.05, 4.69) is 58.2 Å². The van der Waals surface area contributed by atoms with Crippen molar-refractivity contribution in [2.24, 2.45) is 0 Å². The Kier molecular flexibility index (Phi) is 30.9. The molecule has 10 atom stereocenters. The van der Waals surface area contributed by atoms with E-state index in [-0.39, 0.29) is 63.1 Å². The second-order valence-corrected chi connectivity index (χ2v) is 33.9. The lowest BCUT2D eigenvalue weighted by Crippen LogP contribution is -2.63. The van der Waals surface area contributed by atoms with Crippen LogP contribution in [0.15, 0.2) is 181 Å². The lowest BCUT2D eigenvalue weighted by molar-refractivity contribution is -0.137. The zero-order valence-electron chi connectivity index (χ0n) is 63.3. The van der Waals surface area contributed by atoms with Crippen molar-refractivity contribution in [3.05, 3.63) is 215 Å². The fourth-order valence-electron chi connectivity index (χ4n) is 12.6. The van der Waals surface area contributed by atoms with E-state index >= 15 is 24.0 Å². The standard InChI is InChI=1S/C82H99N11O14S4/c1-50(94)68(76(102)83-41-42-109-82(55-29-15-10-16-30-55,56-31-17-11-18-32-56)57-33-19-12-20-34-57)92-75(101)66-49-111-110-48-65(89-71(97)62(43-52-27-13-9-14-28-52)91-79(105)107-81(6,7)8)74(100)88-64(45-54-47-108-67-39-24-22-36-59(54)67)73(99)87-63(44-53-46-85-60-37-23-21-35-58(53)60)72(98)86-61(70(96)93-69(51(2)95)77(103)90-66)38-25-26-40-84-78(104)106-80(3,4)5/h9-24,27-37,39,46-47,50-51,61-66,68-69,85,94-95H,25-26,38,40-45,48-49H2,1-8H3,(H,83,102)(H,84,104)(H,86,98)(H,87,99)(H,88,100)(H,89,97)(H,90,103)(H,91,105)(H,92,101)(H,93,96)/t50-,51-,61+,62-,63-,64+,65+,66+,68+,69+/m1/s1. The zero-order chi connectivity index (χ0) is 79.8. The molecule has 13 N–H and O–H groups in total. The SMILES string of the molecule is C[C@@H](O)[C@H](NC(=O)[C@@H]1CSSC[C@H](NC(=O)[C@@H](Cc2ccccc2)NC(=O)OC(C)(C)C)C(=O)N[C@@H](Cc2csc3ccccc23)C(=O)N[C@H](Cc2c[nH]c3ccccc23)C(=O)N[C@@H](CCCCNC(=O)OC(C)(C)C)C(=O)N[C@@H]([C@@H](C)O)C(=O)N1)C(=O)NCCSC(c1ccccc1)(c1ccccc1)c1ccccc1. The van der Waals surface area contributed by atoms with Crippen LogP contribution in [0.25, 0.3) is 21.0 Å². The number of para-hydroxylation sites is 1. The van der Waals surface area contributed by atoms with Gasteiger partial charge in [0.1, 0.15) is 59.5 Å². The molecule has 25 nitrogen and oxygen atoms in total. The lowest BCUT2D eigenvalue weighted by Gasteiger charge is -2.35. The first-order valence-electron chi connectivity index (χ1n) is 36.9. The average molecular weight is 1590 g/mol. The van der Waals surface area contributed by atoms with Crippen LogP contribution >= 0.6 is 44.7 Å². The van der Waals surface area contributed by atoms with Gasteiger partial charge in [0, 0.05) is 71.4 Å². The van der Waals surface area contributed by atoms with E-state index < -0.39 is 136 Å². The molecule has 0 aliphatic carbocycles. The van der Waals surface area contributed by atoms with E-state index in [4.69, 9.17) is 9.47 Å². The molecule has 6 aromatic carbocycles. The molecule has 29 heteroatoms. The topological polar surface area (TPSA) is 366 Å². The summed E-state index contributed by atoms with van der Waals surface area (Å²) in [5, 5.41) is 53.8. The summed E-state index contributed by atoms with van der Waals surface area (Å²) in [5.74, 6) is -7.66. The van der Waals surface area contributed by atoms with Gasteiger partial charge in [0.05, 0.1) is 17.0 Å². The first-order valence-corrected chi connectivity index (χ1v) is 41.2. The molecule has 590 valence electrons. The molecule has 0 spiro atoms. The van der Waals surface area contributed by atoms with Gasteiger partial charge >= 0.3 is 12.2 Å². The van der Waals surface area contributed by atoms with Gasteiger partial charge in [-0.25, -0.2) is 9.59 Å². The van der Waals surface area contributed by atoms with Crippen LogP contribution in [0.3, 0.4) is 0 Å². The van der Waals surface area contributed by atoms with Crippen molar-refractivity contribution in [1.29, 1.82) is 0 Å². The van der Waals surface area contributed by atoms with Crippen LogP contribution < -0.4 is 53.2 Å². The molecule has 9 rings (SSSR count). The number of ether oxygens (including phenoxy) is 2. The highest BCUT2D eigenvalue weighted by Crippen LogP contribution is 2.48. The molecule has 111 heavy (non-hydrogen) atoms. The van der Waals surface area contributed by atoms with Gasteiger partial charge in [0.25, 0.3) is 0 Å². The fourth-order valence-corrected chi connectivity index (χ4v) is 17.4. The van der Waals surface area contributed by atoms with E-state index in [0.29, 0.717) is 33.3 Å². The number of hydrogen-bond acceptors (Lipinski definition) is 18. The summed E-state index contributed by atoms with van der Waals surface area (Å²) in [4.78, 5) is 151. The number of thiophene rings is 1. The van der Waals surface area contributed by atoms with E-state index in [9.17, 15) is 34.2 Å². The minimum absolute atomic E-state index is 0.0556. The van der Waals surface area contributed by atoms with Gasteiger partial charge < -0.3 is 77.8 Å². The number of aromatic nitrogens is 1. The number of aliphatic hydroxyl groups is 2. The Morgan fingerprint density at radius 1 is 0.550 bits per heavy atom. The van der Waals surface area contributed by atoms with E-state index in [0.717, 1.165) is 48.4 Å². The summed E-state index contributed by atoms with van der Waals surface area (Å²) in [6, 6.07) is 40.8. The largest absolute Gasteiger partial charge is 0.444 e. The third-order valence-corrected chi connectivity index (χ3v) is 23.0. The number of amides is 10. The number of H-pyrrole nitrogens is 1. The highest BCUT2D eigenvalue weighted by molar-refractivity contribution is 8.76. The molecule has 1 fully saturated rings.